The molecule has 3 heterocycles. The third-order valence-corrected chi connectivity index (χ3v) is 3.47. The number of piperidine rings is 1. The van der Waals surface area contributed by atoms with Crippen LogP contribution >= 0.6 is 0 Å². The largest absolute Gasteiger partial charge is 0.306 e. The number of imidazole rings is 1. The van der Waals surface area contributed by atoms with Crippen molar-refractivity contribution in [3.63, 3.8) is 0 Å². The maximum Gasteiger partial charge on any atom is 0.156 e. The number of nitrogens with zero attached hydrogens (tertiary/aromatic N) is 5. The molecule has 0 radical (unpaired) electrons. The highest BCUT2D eigenvalue weighted by molar-refractivity contribution is 5.20. The minimum Gasteiger partial charge on any atom is -0.306 e. The Balaban J connectivity index is 1.78. The fourth-order valence-electron chi connectivity index (χ4n) is 2.48. The first kappa shape index (κ1) is 11.3. The molecule has 1 atom stereocenters. The van der Waals surface area contributed by atoms with Crippen LogP contribution in [0.5, 0.6) is 0 Å². The number of rotatable bonds is 2. The van der Waals surface area contributed by atoms with Crippen molar-refractivity contribution in [1.29, 1.82) is 0 Å². The van der Waals surface area contributed by atoms with E-state index < -0.39 is 0 Å². The minimum atomic E-state index is 0.521. The second kappa shape index (κ2) is 4.86. The molecular formula is C13H17N5. The molecule has 1 aliphatic rings. The van der Waals surface area contributed by atoms with Gasteiger partial charge >= 0.3 is 0 Å². The van der Waals surface area contributed by atoms with Gasteiger partial charge in [-0.2, -0.15) is 0 Å². The van der Waals surface area contributed by atoms with Crippen LogP contribution in [-0.4, -0.2) is 44.6 Å². The lowest BCUT2D eigenvalue weighted by atomic mass is 9.95. The van der Waals surface area contributed by atoms with Gasteiger partial charge in [-0.25, -0.2) is 9.97 Å². The van der Waals surface area contributed by atoms with Gasteiger partial charge in [-0.15, -0.1) is 0 Å². The first-order valence-electron chi connectivity index (χ1n) is 6.32. The van der Waals surface area contributed by atoms with Crippen LogP contribution in [0.25, 0.3) is 5.82 Å². The molecule has 0 saturated carbocycles. The Hall–Kier alpha value is -1.75. The van der Waals surface area contributed by atoms with Gasteiger partial charge in [0.05, 0.1) is 18.1 Å². The molecular weight excluding hydrogens is 226 g/mol. The van der Waals surface area contributed by atoms with E-state index in [0.29, 0.717) is 5.92 Å². The van der Waals surface area contributed by atoms with Gasteiger partial charge in [0.1, 0.15) is 6.33 Å². The van der Waals surface area contributed by atoms with E-state index in [2.05, 4.69) is 26.9 Å². The molecule has 0 spiro atoms. The van der Waals surface area contributed by atoms with Crippen molar-refractivity contribution in [3.8, 4) is 5.82 Å². The number of likely N-dealkylation sites (N-methyl/N-ethyl adjacent to an activating group) is 1. The highest BCUT2D eigenvalue weighted by Crippen LogP contribution is 2.24. The quantitative estimate of drug-likeness (QED) is 0.801. The smallest absolute Gasteiger partial charge is 0.156 e. The van der Waals surface area contributed by atoms with E-state index in [1.807, 2.05) is 23.2 Å². The summed E-state index contributed by atoms with van der Waals surface area (Å²) in [4.78, 5) is 15.4. The highest BCUT2D eigenvalue weighted by Gasteiger charge is 2.20. The summed E-state index contributed by atoms with van der Waals surface area (Å²) in [6.45, 7) is 2.27. The van der Waals surface area contributed by atoms with Gasteiger partial charge in [-0.1, -0.05) is 0 Å². The maximum absolute atomic E-state index is 4.56. The molecule has 0 unspecified atom stereocenters. The monoisotopic (exact) mass is 243 g/mol. The molecule has 2 aromatic heterocycles. The van der Waals surface area contributed by atoms with Gasteiger partial charge in [0.25, 0.3) is 0 Å². The van der Waals surface area contributed by atoms with Gasteiger partial charge in [0.15, 0.2) is 5.82 Å². The van der Waals surface area contributed by atoms with E-state index >= 15 is 0 Å². The molecule has 5 nitrogen and oxygen atoms in total. The Morgan fingerprint density at radius 2 is 2.22 bits per heavy atom. The SMILES string of the molecule is CN1CCC[C@@H](c2cnc(-n3ccnc3)cn2)C1. The van der Waals surface area contributed by atoms with Gasteiger partial charge in [0.2, 0.25) is 0 Å². The Labute approximate surface area is 107 Å². The molecule has 5 heteroatoms. The second-order valence-electron chi connectivity index (χ2n) is 4.87. The molecule has 0 amide bonds. The van der Waals surface area contributed by atoms with Gasteiger partial charge < -0.3 is 4.90 Å². The molecule has 18 heavy (non-hydrogen) atoms. The molecule has 1 saturated heterocycles. The van der Waals surface area contributed by atoms with Crippen LogP contribution in [-0.2, 0) is 0 Å². The van der Waals surface area contributed by atoms with Gasteiger partial charge in [-0.05, 0) is 26.4 Å². The van der Waals surface area contributed by atoms with Crippen LogP contribution in [0.4, 0.5) is 0 Å². The van der Waals surface area contributed by atoms with Crippen molar-refractivity contribution in [3.05, 3.63) is 36.8 Å². The van der Waals surface area contributed by atoms with Crippen LogP contribution in [0.15, 0.2) is 31.1 Å². The Morgan fingerprint density at radius 1 is 1.28 bits per heavy atom. The van der Waals surface area contributed by atoms with Crippen molar-refractivity contribution >= 4 is 0 Å². The zero-order chi connectivity index (χ0) is 12.4. The molecule has 0 N–H and O–H groups in total. The Morgan fingerprint density at radius 3 is 2.89 bits per heavy atom. The predicted molar refractivity (Wildman–Crippen MR) is 68.6 cm³/mol. The summed E-state index contributed by atoms with van der Waals surface area (Å²) in [5.74, 6) is 1.34. The van der Waals surface area contributed by atoms with Crippen molar-refractivity contribution in [1.82, 2.24) is 24.4 Å². The summed E-state index contributed by atoms with van der Waals surface area (Å²) < 4.78 is 1.86. The van der Waals surface area contributed by atoms with Crippen LogP contribution in [0.1, 0.15) is 24.5 Å². The number of likely N-dealkylation sites (tertiary alicyclic amines) is 1. The molecule has 2 aromatic rings. The summed E-state index contributed by atoms with van der Waals surface area (Å²) >= 11 is 0. The van der Waals surface area contributed by atoms with Gasteiger partial charge in [0, 0.05) is 24.9 Å². The third-order valence-electron chi connectivity index (χ3n) is 3.47. The fraction of sp³-hybridized carbons (Fsp3) is 0.462. The topological polar surface area (TPSA) is 46.8 Å². The Kier molecular flexibility index (Phi) is 3.06. The van der Waals surface area contributed by atoms with Crippen molar-refractivity contribution < 1.29 is 0 Å². The molecule has 0 bridgehead atoms. The molecule has 1 aliphatic heterocycles. The normalized spacial score (nSPS) is 21.1. The Bertz CT molecular complexity index is 491. The van der Waals surface area contributed by atoms with E-state index in [4.69, 9.17) is 0 Å². The van der Waals surface area contributed by atoms with Crippen molar-refractivity contribution in [2.45, 2.75) is 18.8 Å². The number of aromatic nitrogens is 4. The second-order valence-corrected chi connectivity index (χ2v) is 4.87. The van der Waals surface area contributed by atoms with Crippen molar-refractivity contribution in [2.75, 3.05) is 20.1 Å². The number of hydrogen-bond acceptors (Lipinski definition) is 4. The minimum absolute atomic E-state index is 0.521. The zero-order valence-corrected chi connectivity index (χ0v) is 10.5. The highest BCUT2D eigenvalue weighted by atomic mass is 15.1. The van der Waals surface area contributed by atoms with Crippen LogP contribution < -0.4 is 0 Å². The molecule has 1 fully saturated rings. The van der Waals surface area contributed by atoms with E-state index in [9.17, 15) is 0 Å². The first-order chi connectivity index (χ1) is 8.83. The molecule has 0 aromatic carbocycles. The lowest BCUT2D eigenvalue weighted by Crippen LogP contribution is -2.31. The summed E-state index contributed by atoms with van der Waals surface area (Å²) in [6.07, 6.45) is 11.5. The average Bonchev–Trinajstić information content (AvgIpc) is 2.93. The molecule has 0 aliphatic carbocycles. The lowest BCUT2D eigenvalue weighted by molar-refractivity contribution is 0.248. The average molecular weight is 243 g/mol. The van der Waals surface area contributed by atoms with E-state index in [0.717, 1.165) is 18.1 Å². The maximum atomic E-state index is 4.56. The van der Waals surface area contributed by atoms with Crippen LogP contribution in [0.3, 0.4) is 0 Å². The molecule has 3 rings (SSSR count). The van der Waals surface area contributed by atoms with Crippen LogP contribution in [0.2, 0.25) is 0 Å². The predicted octanol–water partition coefficient (Wildman–Crippen LogP) is 1.47. The summed E-state index contributed by atoms with van der Waals surface area (Å²) in [7, 11) is 2.17. The third kappa shape index (κ3) is 2.26. The van der Waals surface area contributed by atoms with E-state index in [-0.39, 0.29) is 0 Å². The summed E-state index contributed by atoms with van der Waals surface area (Å²) in [6, 6.07) is 0. The van der Waals surface area contributed by atoms with E-state index in [1.54, 1.807) is 12.5 Å². The summed E-state index contributed by atoms with van der Waals surface area (Å²) in [5.41, 5.74) is 1.10. The summed E-state index contributed by atoms with van der Waals surface area (Å²) in [5, 5.41) is 0. The number of hydrogen-bond donors (Lipinski definition) is 0. The zero-order valence-electron chi connectivity index (χ0n) is 10.5. The first-order valence-corrected chi connectivity index (χ1v) is 6.32. The fourth-order valence-corrected chi connectivity index (χ4v) is 2.48. The standard InChI is InChI=1S/C13H17N5/c1-17-5-2-3-11(9-17)12-7-16-13(8-15-12)18-6-4-14-10-18/h4,6-8,10-11H,2-3,5,9H2,1H3/t11-/m1/s1. The molecule has 94 valence electrons. The van der Waals surface area contributed by atoms with Gasteiger partial charge in [-0.3, -0.25) is 9.55 Å². The van der Waals surface area contributed by atoms with Crippen molar-refractivity contribution in [2.24, 2.45) is 0 Å². The van der Waals surface area contributed by atoms with E-state index in [1.165, 1.54) is 19.4 Å². The van der Waals surface area contributed by atoms with Crippen LogP contribution in [0, 0.1) is 0 Å². The lowest BCUT2D eigenvalue weighted by Gasteiger charge is -2.29.